The van der Waals surface area contributed by atoms with Crippen molar-refractivity contribution >= 4 is 39.1 Å². The van der Waals surface area contributed by atoms with Gasteiger partial charge in [-0.3, -0.25) is 14.3 Å². The van der Waals surface area contributed by atoms with Crippen molar-refractivity contribution in [1.82, 2.24) is 0 Å². The predicted molar refractivity (Wildman–Crippen MR) is 105 cm³/mol. The number of amides is 1. The largest absolute Gasteiger partial charge is 0.449 e. The maximum absolute atomic E-state index is 12.4. The first kappa shape index (κ1) is 21.1. The minimum absolute atomic E-state index is 0.0154. The van der Waals surface area contributed by atoms with Gasteiger partial charge in [0.1, 0.15) is 0 Å². The lowest BCUT2D eigenvalue weighted by Gasteiger charge is -2.15. The van der Waals surface area contributed by atoms with E-state index in [1.54, 1.807) is 36.4 Å². The third kappa shape index (κ3) is 5.92. The molecule has 2 aromatic rings. The zero-order valence-corrected chi connectivity index (χ0v) is 16.4. The van der Waals surface area contributed by atoms with Crippen LogP contribution in [-0.2, 0) is 19.6 Å². The SMILES string of the molecule is CC(=O)c1ccc(NC(=O)[C@H](C)OC(=O)c2ccccc2NS(C)(=O)=O)cc1. The fourth-order valence-electron chi connectivity index (χ4n) is 2.26. The summed E-state index contributed by atoms with van der Waals surface area (Å²) in [6, 6.07) is 12.2. The molecule has 9 heteroatoms. The number of nitrogens with one attached hydrogen (secondary N) is 2. The molecule has 2 N–H and O–H groups in total. The third-order valence-corrected chi connectivity index (χ3v) is 4.25. The highest BCUT2D eigenvalue weighted by Crippen LogP contribution is 2.18. The van der Waals surface area contributed by atoms with Crippen molar-refractivity contribution in [3.8, 4) is 0 Å². The monoisotopic (exact) mass is 404 g/mol. The second-order valence-corrected chi connectivity index (χ2v) is 7.84. The highest BCUT2D eigenvalue weighted by atomic mass is 32.2. The summed E-state index contributed by atoms with van der Waals surface area (Å²) in [5.41, 5.74) is 0.991. The van der Waals surface area contributed by atoms with Gasteiger partial charge in [-0.25, -0.2) is 13.2 Å². The van der Waals surface area contributed by atoms with E-state index in [0.29, 0.717) is 11.3 Å². The van der Waals surface area contributed by atoms with E-state index in [1.165, 1.54) is 26.0 Å². The zero-order chi connectivity index (χ0) is 20.9. The highest BCUT2D eigenvalue weighted by Gasteiger charge is 2.21. The number of sulfonamides is 1. The van der Waals surface area contributed by atoms with E-state index < -0.39 is 28.0 Å². The number of hydrogen-bond donors (Lipinski definition) is 2. The zero-order valence-electron chi connectivity index (χ0n) is 15.6. The number of carbonyl (C=O) groups is 3. The maximum Gasteiger partial charge on any atom is 0.341 e. The molecule has 1 atom stereocenters. The van der Waals surface area contributed by atoms with E-state index in [-0.39, 0.29) is 17.0 Å². The number of benzene rings is 2. The first-order chi connectivity index (χ1) is 13.1. The summed E-state index contributed by atoms with van der Waals surface area (Å²) in [5.74, 6) is -1.51. The second-order valence-electron chi connectivity index (χ2n) is 6.09. The molecule has 148 valence electrons. The van der Waals surface area contributed by atoms with Crippen LogP contribution in [0.4, 0.5) is 11.4 Å². The van der Waals surface area contributed by atoms with Crippen molar-refractivity contribution in [3.63, 3.8) is 0 Å². The first-order valence-corrected chi connectivity index (χ1v) is 10.2. The number of Topliss-reactive ketones (excluding diaryl/α,β-unsaturated/α-hetero) is 1. The Hall–Kier alpha value is -3.20. The molecular formula is C19H20N2O6S. The van der Waals surface area contributed by atoms with Gasteiger partial charge in [0.2, 0.25) is 10.0 Å². The standard InChI is InChI=1S/C19H20N2O6S/c1-12(22)14-8-10-15(11-9-14)20-18(23)13(2)27-19(24)16-6-4-5-7-17(16)21-28(3,25)26/h4-11,13,21H,1-3H3,(H,20,23)/t13-/m0/s1. The molecule has 0 aliphatic carbocycles. The average Bonchev–Trinajstić information content (AvgIpc) is 2.61. The average molecular weight is 404 g/mol. The number of para-hydroxylation sites is 1. The van der Waals surface area contributed by atoms with E-state index in [2.05, 4.69) is 10.0 Å². The maximum atomic E-state index is 12.4. The van der Waals surface area contributed by atoms with E-state index >= 15 is 0 Å². The van der Waals surface area contributed by atoms with Crippen LogP contribution in [0.3, 0.4) is 0 Å². The minimum Gasteiger partial charge on any atom is -0.449 e. The van der Waals surface area contributed by atoms with Gasteiger partial charge in [0, 0.05) is 11.3 Å². The fourth-order valence-corrected chi connectivity index (χ4v) is 2.84. The number of ketones is 1. The number of carbonyl (C=O) groups excluding carboxylic acids is 3. The van der Waals surface area contributed by atoms with Crippen molar-refractivity contribution < 1.29 is 27.5 Å². The Labute approximate surface area is 163 Å². The number of anilines is 2. The summed E-state index contributed by atoms with van der Waals surface area (Å²) in [7, 11) is -3.59. The van der Waals surface area contributed by atoms with Gasteiger partial charge in [-0.15, -0.1) is 0 Å². The van der Waals surface area contributed by atoms with Gasteiger partial charge in [0.15, 0.2) is 11.9 Å². The Morgan fingerprint density at radius 3 is 2.18 bits per heavy atom. The van der Waals surface area contributed by atoms with Crippen LogP contribution >= 0.6 is 0 Å². The van der Waals surface area contributed by atoms with Gasteiger partial charge in [-0.1, -0.05) is 12.1 Å². The molecule has 0 aromatic heterocycles. The molecule has 28 heavy (non-hydrogen) atoms. The Kier molecular flexibility index (Phi) is 6.53. The molecule has 0 fully saturated rings. The van der Waals surface area contributed by atoms with Crippen molar-refractivity contribution in [1.29, 1.82) is 0 Å². The molecule has 0 unspecified atom stereocenters. The molecule has 0 saturated heterocycles. The van der Waals surface area contributed by atoms with Crippen LogP contribution in [0.5, 0.6) is 0 Å². The highest BCUT2D eigenvalue weighted by molar-refractivity contribution is 7.92. The van der Waals surface area contributed by atoms with Crippen molar-refractivity contribution in [2.24, 2.45) is 0 Å². The predicted octanol–water partition coefficient (Wildman–Crippen LogP) is 2.44. The Balaban J connectivity index is 2.06. The van der Waals surface area contributed by atoms with Crippen LogP contribution in [0, 0.1) is 0 Å². The van der Waals surface area contributed by atoms with E-state index in [4.69, 9.17) is 4.74 Å². The topological polar surface area (TPSA) is 119 Å². The lowest BCUT2D eigenvalue weighted by molar-refractivity contribution is -0.123. The smallest absolute Gasteiger partial charge is 0.341 e. The number of rotatable bonds is 7. The van der Waals surface area contributed by atoms with Gasteiger partial charge in [-0.2, -0.15) is 0 Å². The summed E-state index contributed by atoms with van der Waals surface area (Å²) in [4.78, 5) is 35.9. The van der Waals surface area contributed by atoms with Gasteiger partial charge in [0.25, 0.3) is 5.91 Å². The molecule has 0 heterocycles. The Morgan fingerprint density at radius 2 is 1.61 bits per heavy atom. The second kappa shape index (κ2) is 8.66. The van der Waals surface area contributed by atoms with Crippen LogP contribution in [0.1, 0.15) is 34.6 Å². The molecule has 0 radical (unpaired) electrons. The lowest BCUT2D eigenvalue weighted by atomic mass is 10.1. The fraction of sp³-hybridized carbons (Fsp3) is 0.211. The summed E-state index contributed by atoms with van der Waals surface area (Å²) < 4.78 is 30.2. The van der Waals surface area contributed by atoms with Gasteiger partial charge in [0.05, 0.1) is 17.5 Å². The van der Waals surface area contributed by atoms with Crippen molar-refractivity contribution in [2.45, 2.75) is 20.0 Å². The van der Waals surface area contributed by atoms with E-state index in [1.807, 2.05) is 0 Å². The third-order valence-electron chi connectivity index (χ3n) is 3.65. The summed E-state index contributed by atoms with van der Waals surface area (Å²) in [6.45, 7) is 2.83. The van der Waals surface area contributed by atoms with E-state index in [9.17, 15) is 22.8 Å². The lowest BCUT2D eigenvalue weighted by Crippen LogP contribution is -2.30. The molecule has 2 aromatic carbocycles. The first-order valence-electron chi connectivity index (χ1n) is 8.26. The molecule has 0 bridgehead atoms. The van der Waals surface area contributed by atoms with Gasteiger partial charge < -0.3 is 10.1 Å². The van der Waals surface area contributed by atoms with Crippen LogP contribution < -0.4 is 10.0 Å². The van der Waals surface area contributed by atoms with Crippen LogP contribution in [-0.4, -0.2) is 38.4 Å². The van der Waals surface area contributed by atoms with Crippen molar-refractivity contribution in [2.75, 3.05) is 16.3 Å². The van der Waals surface area contributed by atoms with Crippen LogP contribution in [0.25, 0.3) is 0 Å². The molecule has 8 nitrogen and oxygen atoms in total. The van der Waals surface area contributed by atoms with Crippen molar-refractivity contribution in [3.05, 3.63) is 59.7 Å². The van der Waals surface area contributed by atoms with Crippen LogP contribution in [0.2, 0.25) is 0 Å². The summed E-state index contributed by atoms with van der Waals surface area (Å²) in [5, 5.41) is 2.58. The molecule has 1 amide bonds. The Morgan fingerprint density at radius 1 is 1.00 bits per heavy atom. The molecule has 0 saturated carbocycles. The number of ether oxygens (including phenoxy) is 1. The summed E-state index contributed by atoms with van der Waals surface area (Å²) >= 11 is 0. The number of hydrogen-bond acceptors (Lipinski definition) is 6. The molecule has 2 rings (SSSR count). The van der Waals surface area contributed by atoms with E-state index in [0.717, 1.165) is 6.26 Å². The Bertz CT molecular complexity index is 999. The number of esters is 1. The molecule has 0 spiro atoms. The minimum atomic E-state index is -3.59. The van der Waals surface area contributed by atoms with Crippen LogP contribution in [0.15, 0.2) is 48.5 Å². The molecule has 0 aliphatic rings. The normalized spacial score (nSPS) is 12.0. The molecule has 0 aliphatic heterocycles. The van der Waals surface area contributed by atoms with Gasteiger partial charge >= 0.3 is 5.97 Å². The van der Waals surface area contributed by atoms with Gasteiger partial charge in [-0.05, 0) is 50.2 Å². The molecular weight excluding hydrogens is 384 g/mol. The quantitative estimate of drug-likeness (QED) is 0.540. The summed E-state index contributed by atoms with van der Waals surface area (Å²) in [6.07, 6.45) is -0.172.